The van der Waals surface area contributed by atoms with E-state index in [1.165, 1.54) is 22.5 Å². The van der Waals surface area contributed by atoms with Gasteiger partial charge in [-0.25, -0.2) is 0 Å². The molecule has 1 atom stereocenters. The van der Waals surface area contributed by atoms with Crippen LogP contribution >= 0.6 is 0 Å². The summed E-state index contributed by atoms with van der Waals surface area (Å²) < 4.78 is 1.91. The van der Waals surface area contributed by atoms with Crippen molar-refractivity contribution in [2.45, 2.75) is 39.8 Å². The van der Waals surface area contributed by atoms with Crippen LogP contribution in [0.15, 0.2) is 24.3 Å². The molecule has 1 aromatic heterocycles. The average Bonchev–Trinajstić information content (AvgIpc) is 2.93. The maximum absolute atomic E-state index is 9.12. The van der Waals surface area contributed by atoms with Gasteiger partial charge in [0.25, 0.3) is 0 Å². The van der Waals surface area contributed by atoms with Crippen molar-refractivity contribution in [2.24, 2.45) is 0 Å². The third kappa shape index (κ3) is 2.44. The molecule has 3 rings (SSSR count). The van der Waals surface area contributed by atoms with Crippen LogP contribution in [0.5, 0.6) is 0 Å². The minimum Gasteiger partial charge on any atom is -0.394 e. The molecule has 1 unspecified atom stereocenters. The van der Waals surface area contributed by atoms with Gasteiger partial charge in [0.2, 0.25) is 0 Å². The van der Waals surface area contributed by atoms with Crippen molar-refractivity contribution in [3.8, 4) is 0 Å². The van der Waals surface area contributed by atoms with Gasteiger partial charge in [-0.2, -0.15) is 5.10 Å². The first kappa shape index (κ1) is 14.1. The number of aliphatic hydroxyl groups is 1. The van der Waals surface area contributed by atoms with Crippen LogP contribution in [-0.2, 0) is 13.1 Å². The van der Waals surface area contributed by atoms with Crippen LogP contribution in [-0.4, -0.2) is 28.0 Å². The van der Waals surface area contributed by atoms with E-state index in [0.717, 1.165) is 18.8 Å². The van der Waals surface area contributed by atoms with Gasteiger partial charge >= 0.3 is 0 Å². The Balaban J connectivity index is 1.89. The van der Waals surface area contributed by atoms with Crippen molar-refractivity contribution < 1.29 is 5.11 Å². The van der Waals surface area contributed by atoms with Gasteiger partial charge in [0.05, 0.1) is 18.8 Å². The van der Waals surface area contributed by atoms with E-state index in [1.54, 1.807) is 0 Å². The Morgan fingerprint density at radius 1 is 1.29 bits per heavy atom. The maximum Gasteiger partial charge on any atom is 0.0646 e. The number of nitrogens with zero attached hydrogens (tertiary/aromatic N) is 3. The number of aromatic nitrogens is 2. The quantitative estimate of drug-likeness (QED) is 0.939. The second-order valence-electron chi connectivity index (χ2n) is 5.94. The molecule has 4 nitrogen and oxygen atoms in total. The fraction of sp³-hybridized carbons (Fsp3) is 0.471. The van der Waals surface area contributed by atoms with E-state index < -0.39 is 0 Å². The van der Waals surface area contributed by atoms with Crippen molar-refractivity contribution in [2.75, 3.05) is 18.1 Å². The first-order chi connectivity index (χ1) is 10.1. The smallest absolute Gasteiger partial charge is 0.0646 e. The molecular weight excluding hydrogens is 262 g/mol. The molecule has 0 saturated carbocycles. The van der Waals surface area contributed by atoms with Gasteiger partial charge in [-0.3, -0.25) is 4.68 Å². The number of aryl methyl sites for hydroxylation is 1. The second kappa shape index (κ2) is 5.53. The van der Waals surface area contributed by atoms with Crippen LogP contribution in [0.2, 0.25) is 0 Å². The molecule has 0 amide bonds. The molecule has 1 aliphatic heterocycles. The predicted molar refractivity (Wildman–Crippen MR) is 84.7 cm³/mol. The van der Waals surface area contributed by atoms with E-state index >= 15 is 0 Å². The summed E-state index contributed by atoms with van der Waals surface area (Å²) in [5.74, 6) is 0.578. The largest absolute Gasteiger partial charge is 0.394 e. The number of hydrogen-bond donors (Lipinski definition) is 1. The number of fused-ring (bicyclic) bond motifs is 1. The van der Waals surface area contributed by atoms with Crippen LogP contribution in [0.3, 0.4) is 0 Å². The number of rotatable bonds is 4. The molecule has 4 heteroatoms. The number of aliphatic hydroxyl groups excluding tert-OH is 1. The van der Waals surface area contributed by atoms with E-state index in [4.69, 9.17) is 5.11 Å². The summed E-state index contributed by atoms with van der Waals surface area (Å²) >= 11 is 0. The highest BCUT2D eigenvalue weighted by molar-refractivity contribution is 5.60. The number of para-hydroxylation sites is 1. The summed E-state index contributed by atoms with van der Waals surface area (Å²) in [6.45, 7) is 9.09. The average molecular weight is 285 g/mol. The summed E-state index contributed by atoms with van der Waals surface area (Å²) in [5.41, 5.74) is 6.30. The van der Waals surface area contributed by atoms with Crippen molar-refractivity contribution in [3.05, 3.63) is 46.8 Å². The zero-order chi connectivity index (χ0) is 15.0. The maximum atomic E-state index is 9.12. The first-order valence-electron chi connectivity index (χ1n) is 7.59. The molecule has 1 N–H and O–H groups in total. The fourth-order valence-corrected chi connectivity index (χ4v) is 3.34. The minimum atomic E-state index is 0.130. The van der Waals surface area contributed by atoms with Crippen LogP contribution in [0, 0.1) is 13.8 Å². The van der Waals surface area contributed by atoms with Crippen LogP contribution in [0.25, 0.3) is 0 Å². The lowest BCUT2D eigenvalue weighted by Crippen LogP contribution is -2.21. The molecule has 0 radical (unpaired) electrons. The van der Waals surface area contributed by atoms with Crippen LogP contribution in [0.4, 0.5) is 5.69 Å². The van der Waals surface area contributed by atoms with Gasteiger partial charge in [0, 0.05) is 36.0 Å². The highest BCUT2D eigenvalue weighted by atomic mass is 16.3. The first-order valence-corrected chi connectivity index (χ1v) is 7.59. The Bertz CT molecular complexity index is 647. The van der Waals surface area contributed by atoms with Gasteiger partial charge in [-0.1, -0.05) is 25.1 Å². The summed E-state index contributed by atoms with van der Waals surface area (Å²) in [6, 6.07) is 8.67. The van der Waals surface area contributed by atoms with Crippen molar-refractivity contribution in [1.29, 1.82) is 0 Å². The van der Waals surface area contributed by atoms with Crippen molar-refractivity contribution in [3.63, 3.8) is 0 Å². The minimum absolute atomic E-state index is 0.130. The molecule has 0 aliphatic carbocycles. The van der Waals surface area contributed by atoms with E-state index in [-0.39, 0.29) is 6.61 Å². The monoisotopic (exact) mass is 285 g/mol. The second-order valence-corrected chi connectivity index (χ2v) is 5.94. The summed E-state index contributed by atoms with van der Waals surface area (Å²) in [6.07, 6.45) is 0. The molecule has 0 spiro atoms. The van der Waals surface area contributed by atoms with Crippen molar-refractivity contribution in [1.82, 2.24) is 9.78 Å². The SMILES string of the molecule is Cc1nn(CCO)c(C)c1CN1CC(C)c2ccccc21. The normalized spacial score (nSPS) is 17.3. The highest BCUT2D eigenvalue weighted by Crippen LogP contribution is 2.37. The van der Waals surface area contributed by atoms with Crippen LogP contribution in [0.1, 0.15) is 35.4 Å². The van der Waals surface area contributed by atoms with Crippen LogP contribution < -0.4 is 4.90 Å². The lowest BCUT2D eigenvalue weighted by atomic mass is 10.0. The van der Waals surface area contributed by atoms with Gasteiger partial charge in [-0.05, 0) is 25.5 Å². The van der Waals surface area contributed by atoms with Gasteiger partial charge in [0.1, 0.15) is 0 Å². The van der Waals surface area contributed by atoms with Crippen molar-refractivity contribution >= 4 is 5.69 Å². The Kier molecular flexibility index (Phi) is 3.72. The molecule has 0 saturated heterocycles. The van der Waals surface area contributed by atoms with Gasteiger partial charge < -0.3 is 10.0 Å². The van der Waals surface area contributed by atoms with E-state index in [1.807, 2.05) is 4.68 Å². The zero-order valence-corrected chi connectivity index (χ0v) is 13.0. The zero-order valence-electron chi connectivity index (χ0n) is 13.0. The standard InChI is InChI=1S/C17H23N3O/c1-12-10-19(17-7-5-4-6-15(12)17)11-16-13(2)18-20(8-9-21)14(16)3/h4-7,12,21H,8-11H2,1-3H3. The van der Waals surface area contributed by atoms with E-state index in [9.17, 15) is 0 Å². The Morgan fingerprint density at radius 3 is 2.81 bits per heavy atom. The molecule has 21 heavy (non-hydrogen) atoms. The number of anilines is 1. The third-order valence-corrected chi connectivity index (χ3v) is 4.49. The Morgan fingerprint density at radius 2 is 2.05 bits per heavy atom. The lowest BCUT2D eigenvalue weighted by molar-refractivity contribution is 0.268. The summed E-state index contributed by atoms with van der Waals surface area (Å²) in [4.78, 5) is 2.44. The van der Waals surface area contributed by atoms with E-state index in [0.29, 0.717) is 12.5 Å². The van der Waals surface area contributed by atoms with Gasteiger partial charge in [-0.15, -0.1) is 0 Å². The fourth-order valence-electron chi connectivity index (χ4n) is 3.34. The Labute approximate surface area is 126 Å². The summed E-state index contributed by atoms with van der Waals surface area (Å²) in [7, 11) is 0. The number of hydrogen-bond acceptors (Lipinski definition) is 3. The molecule has 2 heterocycles. The molecule has 1 aliphatic rings. The predicted octanol–water partition coefficient (Wildman–Crippen LogP) is 2.62. The molecule has 2 aromatic rings. The summed E-state index contributed by atoms with van der Waals surface area (Å²) in [5, 5.41) is 13.7. The topological polar surface area (TPSA) is 41.3 Å². The molecule has 0 bridgehead atoms. The molecule has 112 valence electrons. The lowest BCUT2D eigenvalue weighted by Gasteiger charge is -2.20. The third-order valence-electron chi connectivity index (χ3n) is 4.49. The molecule has 0 fully saturated rings. The Hall–Kier alpha value is -1.81. The molecule has 1 aromatic carbocycles. The number of benzene rings is 1. The highest BCUT2D eigenvalue weighted by Gasteiger charge is 2.26. The van der Waals surface area contributed by atoms with E-state index in [2.05, 4.69) is 55.0 Å². The van der Waals surface area contributed by atoms with Gasteiger partial charge in [0.15, 0.2) is 0 Å². The molecular formula is C17H23N3O.